The van der Waals surface area contributed by atoms with Crippen molar-refractivity contribution in [2.75, 3.05) is 13.2 Å². The molecule has 0 aliphatic rings. The van der Waals surface area contributed by atoms with E-state index in [1.165, 1.54) is 0 Å². The molecule has 6 heteroatoms. The average molecular weight is 297 g/mol. The molecule has 1 unspecified atom stereocenters. The summed E-state index contributed by atoms with van der Waals surface area (Å²) in [5.74, 6) is 0.402. The van der Waals surface area contributed by atoms with Crippen LogP contribution >= 0.6 is 12.2 Å². The molecule has 5 nitrogen and oxygen atoms in total. The standard InChI is InChI=1S/C14H23N3O2S/c1-5-10-11(6-2)16-17-14(12(10)13(15)20)19-9(4)8-18-7-3/h9H,5-8H2,1-4H3,(H2,15,20). The van der Waals surface area contributed by atoms with Crippen LogP contribution in [0.15, 0.2) is 0 Å². The van der Waals surface area contributed by atoms with Gasteiger partial charge in [-0.15, -0.1) is 5.10 Å². The number of nitrogens with zero attached hydrogens (tertiary/aromatic N) is 2. The second-order valence-corrected chi connectivity index (χ2v) is 4.90. The fraction of sp³-hybridized carbons (Fsp3) is 0.643. The van der Waals surface area contributed by atoms with Crippen LogP contribution in [0, 0.1) is 0 Å². The molecule has 0 saturated carbocycles. The molecule has 1 heterocycles. The summed E-state index contributed by atoms with van der Waals surface area (Å²) in [5.41, 5.74) is 8.49. The Labute approximate surface area is 125 Å². The van der Waals surface area contributed by atoms with Gasteiger partial charge in [0.05, 0.1) is 17.9 Å². The molecule has 0 aliphatic carbocycles. The Kier molecular flexibility index (Phi) is 6.81. The lowest BCUT2D eigenvalue weighted by Gasteiger charge is -2.18. The Morgan fingerprint density at radius 1 is 1.25 bits per heavy atom. The van der Waals surface area contributed by atoms with E-state index in [0.29, 0.717) is 29.6 Å². The molecule has 112 valence electrons. The van der Waals surface area contributed by atoms with E-state index in [2.05, 4.69) is 10.2 Å². The van der Waals surface area contributed by atoms with Crippen LogP contribution in [0.3, 0.4) is 0 Å². The van der Waals surface area contributed by atoms with E-state index in [4.69, 9.17) is 27.4 Å². The molecule has 0 radical (unpaired) electrons. The van der Waals surface area contributed by atoms with Gasteiger partial charge >= 0.3 is 0 Å². The van der Waals surface area contributed by atoms with E-state index < -0.39 is 0 Å². The maximum Gasteiger partial charge on any atom is 0.244 e. The van der Waals surface area contributed by atoms with Crippen LogP contribution in [0.1, 0.15) is 44.5 Å². The minimum absolute atomic E-state index is 0.130. The summed E-state index contributed by atoms with van der Waals surface area (Å²) in [7, 11) is 0. The van der Waals surface area contributed by atoms with E-state index in [0.717, 1.165) is 24.1 Å². The largest absolute Gasteiger partial charge is 0.471 e. The average Bonchev–Trinajstić information content (AvgIpc) is 2.43. The first kappa shape index (κ1) is 16.8. The van der Waals surface area contributed by atoms with Gasteiger partial charge in [-0.1, -0.05) is 26.1 Å². The third-order valence-corrected chi connectivity index (χ3v) is 3.13. The highest BCUT2D eigenvalue weighted by Gasteiger charge is 2.19. The first-order chi connectivity index (χ1) is 9.54. The molecule has 0 amide bonds. The van der Waals surface area contributed by atoms with Gasteiger partial charge in [0, 0.05) is 6.61 Å². The molecule has 20 heavy (non-hydrogen) atoms. The number of hydrogen-bond acceptors (Lipinski definition) is 5. The number of aryl methyl sites for hydroxylation is 1. The van der Waals surface area contributed by atoms with Crippen molar-refractivity contribution in [1.29, 1.82) is 0 Å². The molecule has 2 N–H and O–H groups in total. The number of thiocarbonyl (C=S) groups is 1. The molecule has 1 atom stereocenters. The van der Waals surface area contributed by atoms with Crippen LogP contribution in [0.25, 0.3) is 0 Å². The molecule has 0 aromatic carbocycles. The molecule has 0 spiro atoms. The smallest absolute Gasteiger partial charge is 0.244 e. The molecule has 1 rings (SSSR count). The van der Waals surface area contributed by atoms with Gasteiger partial charge in [0.1, 0.15) is 11.1 Å². The summed E-state index contributed by atoms with van der Waals surface area (Å²) < 4.78 is 11.1. The van der Waals surface area contributed by atoms with Gasteiger partial charge in [0.15, 0.2) is 0 Å². The number of nitrogens with two attached hydrogens (primary N) is 1. The zero-order chi connectivity index (χ0) is 15.1. The van der Waals surface area contributed by atoms with Crippen LogP contribution in [-0.2, 0) is 17.6 Å². The number of aromatic nitrogens is 2. The number of rotatable bonds is 8. The zero-order valence-corrected chi connectivity index (χ0v) is 13.4. The van der Waals surface area contributed by atoms with Gasteiger partial charge < -0.3 is 15.2 Å². The normalized spacial score (nSPS) is 12.2. The van der Waals surface area contributed by atoms with Gasteiger partial charge in [-0.2, -0.15) is 5.10 Å². The summed E-state index contributed by atoms with van der Waals surface area (Å²) in [5, 5.41) is 8.35. The third-order valence-electron chi connectivity index (χ3n) is 2.93. The Balaban J connectivity index is 3.09. The van der Waals surface area contributed by atoms with Crippen molar-refractivity contribution < 1.29 is 9.47 Å². The lowest BCUT2D eigenvalue weighted by atomic mass is 10.0. The van der Waals surface area contributed by atoms with Crippen LogP contribution in [0.2, 0.25) is 0 Å². The molecule has 1 aromatic rings. The monoisotopic (exact) mass is 297 g/mol. The van der Waals surface area contributed by atoms with Crippen molar-refractivity contribution in [3.63, 3.8) is 0 Å². The van der Waals surface area contributed by atoms with Crippen molar-refractivity contribution in [1.82, 2.24) is 10.2 Å². The Morgan fingerprint density at radius 3 is 2.45 bits per heavy atom. The van der Waals surface area contributed by atoms with E-state index in [9.17, 15) is 0 Å². The molecule has 0 aliphatic heterocycles. The molecule has 0 saturated heterocycles. The number of hydrogen-bond donors (Lipinski definition) is 1. The van der Waals surface area contributed by atoms with Gasteiger partial charge in [0.25, 0.3) is 0 Å². The predicted molar refractivity (Wildman–Crippen MR) is 83.3 cm³/mol. The van der Waals surface area contributed by atoms with Crippen LogP contribution in [-0.4, -0.2) is 34.5 Å². The quantitative estimate of drug-likeness (QED) is 0.740. The van der Waals surface area contributed by atoms with Crippen molar-refractivity contribution in [3.8, 4) is 5.88 Å². The highest BCUT2D eigenvalue weighted by atomic mass is 32.1. The van der Waals surface area contributed by atoms with Crippen LogP contribution in [0.4, 0.5) is 0 Å². The zero-order valence-electron chi connectivity index (χ0n) is 12.6. The van der Waals surface area contributed by atoms with Gasteiger partial charge in [0.2, 0.25) is 5.88 Å². The highest BCUT2D eigenvalue weighted by Crippen LogP contribution is 2.23. The third kappa shape index (κ3) is 4.11. The molecular weight excluding hydrogens is 274 g/mol. The second kappa shape index (κ2) is 8.11. The Bertz CT molecular complexity index is 466. The molecule has 1 aromatic heterocycles. The van der Waals surface area contributed by atoms with E-state index in [-0.39, 0.29) is 6.10 Å². The maximum absolute atomic E-state index is 5.84. The van der Waals surface area contributed by atoms with E-state index in [1.807, 2.05) is 27.7 Å². The topological polar surface area (TPSA) is 70.3 Å². The summed E-state index contributed by atoms with van der Waals surface area (Å²) >= 11 is 5.15. The lowest BCUT2D eigenvalue weighted by Crippen LogP contribution is -2.24. The van der Waals surface area contributed by atoms with Gasteiger partial charge in [-0.25, -0.2) is 0 Å². The molecular formula is C14H23N3O2S. The SMILES string of the molecule is CCOCC(C)Oc1nnc(CC)c(CC)c1C(N)=S. The summed E-state index contributed by atoms with van der Waals surface area (Å²) in [6.07, 6.45) is 1.46. The van der Waals surface area contributed by atoms with Gasteiger partial charge in [-0.05, 0) is 32.3 Å². The minimum Gasteiger partial charge on any atom is -0.471 e. The van der Waals surface area contributed by atoms with E-state index in [1.54, 1.807) is 0 Å². The van der Waals surface area contributed by atoms with Crippen LogP contribution < -0.4 is 10.5 Å². The van der Waals surface area contributed by atoms with Gasteiger partial charge in [-0.3, -0.25) is 0 Å². The maximum atomic E-state index is 5.84. The Hall–Kier alpha value is -1.27. The first-order valence-electron chi connectivity index (χ1n) is 6.97. The van der Waals surface area contributed by atoms with Crippen molar-refractivity contribution in [3.05, 3.63) is 16.8 Å². The fourth-order valence-electron chi connectivity index (χ4n) is 2.00. The summed E-state index contributed by atoms with van der Waals surface area (Å²) in [6.45, 7) is 9.08. The first-order valence-corrected chi connectivity index (χ1v) is 7.38. The van der Waals surface area contributed by atoms with E-state index >= 15 is 0 Å². The van der Waals surface area contributed by atoms with Crippen LogP contribution in [0.5, 0.6) is 5.88 Å². The minimum atomic E-state index is -0.130. The molecule has 0 bridgehead atoms. The summed E-state index contributed by atoms with van der Waals surface area (Å²) in [4.78, 5) is 0.296. The van der Waals surface area contributed by atoms with Crippen molar-refractivity contribution in [2.45, 2.75) is 46.6 Å². The lowest BCUT2D eigenvalue weighted by molar-refractivity contribution is 0.0626. The highest BCUT2D eigenvalue weighted by molar-refractivity contribution is 7.80. The predicted octanol–water partition coefficient (Wildman–Crippen LogP) is 2.04. The molecule has 0 fully saturated rings. The number of ether oxygens (including phenoxy) is 2. The van der Waals surface area contributed by atoms with Crippen molar-refractivity contribution >= 4 is 17.2 Å². The summed E-state index contributed by atoms with van der Waals surface area (Å²) in [6, 6.07) is 0. The van der Waals surface area contributed by atoms with Crippen molar-refractivity contribution in [2.24, 2.45) is 5.73 Å². The second-order valence-electron chi connectivity index (χ2n) is 4.46. The fourth-order valence-corrected chi connectivity index (χ4v) is 2.21. The Morgan fingerprint density at radius 2 is 1.95 bits per heavy atom.